The van der Waals surface area contributed by atoms with E-state index in [1.165, 1.54) is 4.88 Å². The van der Waals surface area contributed by atoms with Gasteiger partial charge in [-0.2, -0.15) is 0 Å². The van der Waals surface area contributed by atoms with Crippen molar-refractivity contribution >= 4 is 17.2 Å². The second-order valence-corrected chi connectivity index (χ2v) is 7.69. The standard InChI is InChI=1S/C17H25N5OS/c1-11(2)16-21-20-15-7-6-13(10-22(15)16)19-12(3)17(23)18-9-14-5-4-8-24-14/h4-5,8,11-13,19H,6-7,9-10H2,1-3H3,(H,18,23)/t12-,13-/m0/s1. The molecule has 0 bridgehead atoms. The molecule has 3 rings (SSSR count). The van der Waals surface area contributed by atoms with Gasteiger partial charge in [-0.05, 0) is 24.8 Å². The first kappa shape index (κ1) is 17.1. The summed E-state index contributed by atoms with van der Waals surface area (Å²) in [6, 6.07) is 4.09. The Labute approximate surface area is 146 Å². The van der Waals surface area contributed by atoms with Gasteiger partial charge in [-0.1, -0.05) is 19.9 Å². The van der Waals surface area contributed by atoms with Crippen molar-refractivity contribution in [3.63, 3.8) is 0 Å². The Morgan fingerprint density at radius 3 is 2.96 bits per heavy atom. The van der Waals surface area contributed by atoms with Gasteiger partial charge in [0.1, 0.15) is 11.6 Å². The number of aromatic nitrogens is 3. The molecule has 0 aliphatic carbocycles. The molecule has 0 radical (unpaired) electrons. The van der Waals surface area contributed by atoms with E-state index in [2.05, 4.69) is 39.2 Å². The normalized spacial score (nSPS) is 18.4. The fourth-order valence-corrected chi connectivity index (χ4v) is 3.73. The summed E-state index contributed by atoms with van der Waals surface area (Å²) in [5.74, 6) is 2.50. The van der Waals surface area contributed by atoms with Crippen LogP contribution in [-0.2, 0) is 24.3 Å². The van der Waals surface area contributed by atoms with Crippen LogP contribution >= 0.6 is 11.3 Å². The van der Waals surface area contributed by atoms with E-state index in [9.17, 15) is 4.79 Å². The Balaban J connectivity index is 1.54. The van der Waals surface area contributed by atoms with Gasteiger partial charge in [-0.25, -0.2) is 0 Å². The molecule has 1 aliphatic rings. The monoisotopic (exact) mass is 347 g/mol. The molecule has 2 aromatic heterocycles. The van der Waals surface area contributed by atoms with E-state index in [1.54, 1.807) is 11.3 Å². The second-order valence-electron chi connectivity index (χ2n) is 6.66. The Hall–Kier alpha value is -1.73. The molecule has 0 saturated carbocycles. The molecule has 2 N–H and O–H groups in total. The largest absolute Gasteiger partial charge is 0.350 e. The zero-order valence-electron chi connectivity index (χ0n) is 14.5. The summed E-state index contributed by atoms with van der Waals surface area (Å²) in [6.07, 6.45) is 1.89. The van der Waals surface area contributed by atoms with Gasteiger partial charge in [0.25, 0.3) is 0 Å². The average Bonchev–Trinajstić information content (AvgIpc) is 3.21. The molecule has 0 aromatic carbocycles. The van der Waals surface area contributed by atoms with Crippen LogP contribution in [-0.4, -0.2) is 32.8 Å². The van der Waals surface area contributed by atoms with Gasteiger partial charge in [0.15, 0.2) is 0 Å². The maximum absolute atomic E-state index is 12.3. The van der Waals surface area contributed by atoms with E-state index in [0.29, 0.717) is 12.5 Å². The van der Waals surface area contributed by atoms with Crippen molar-refractivity contribution in [3.8, 4) is 0 Å². The van der Waals surface area contributed by atoms with Gasteiger partial charge in [0.05, 0.1) is 12.6 Å². The Morgan fingerprint density at radius 2 is 2.25 bits per heavy atom. The van der Waals surface area contributed by atoms with E-state index in [4.69, 9.17) is 0 Å². The summed E-state index contributed by atoms with van der Waals surface area (Å²) in [6.45, 7) is 7.62. The zero-order chi connectivity index (χ0) is 17.1. The minimum absolute atomic E-state index is 0.0436. The van der Waals surface area contributed by atoms with Gasteiger partial charge in [0.2, 0.25) is 5.91 Å². The summed E-state index contributed by atoms with van der Waals surface area (Å²) >= 11 is 1.66. The van der Waals surface area contributed by atoms with Crippen molar-refractivity contribution in [2.24, 2.45) is 0 Å². The SMILES string of the molecule is CC(C)c1nnc2n1C[C@@H](N[C@@H](C)C(=O)NCc1cccs1)CC2. The zero-order valence-corrected chi connectivity index (χ0v) is 15.3. The molecule has 0 fully saturated rings. The van der Waals surface area contributed by atoms with E-state index < -0.39 is 0 Å². The summed E-state index contributed by atoms with van der Waals surface area (Å²) in [4.78, 5) is 13.5. The lowest BCUT2D eigenvalue weighted by molar-refractivity contribution is -0.123. The molecule has 24 heavy (non-hydrogen) atoms. The third-order valence-electron chi connectivity index (χ3n) is 4.39. The number of amides is 1. The van der Waals surface area contributed by atoms with Crippen molar-refractivity contribution in [3.05, 3.63) is 34.0 Å². The van der Waals surface area contributed by atoms with Crippen molar-refractivity contribution in [1.82, 2.24) is 25.4 Å². The molecule has 3 heterocycles. The Bertz CT molecular complexity index is 679. The lowest BCUT2D eigenvalue weighted by atomic mass is 10.0. The van der Waals surface area contributed by atoms with E-state index in [1.807, 2.05) is 24.4 Å². The summed E-state index contributed by atoms with van der Waals surface area (Å²) < 4.78 is 2.21. The average molecular weight is 347 g/mol. The van der Waals surface area contributed by atoms with Crippen LogP contribution in [0.3, 0.4) is 0 Å². The van der Waals surface area contributed by atoms with Gasteiger partial charge in [0, 0.05) is 29.8 Å². The number of carbonyl (C=O) groups is 1. The molecule has 0 spiro atoms. The van der Waals surface area contributed by atoms with Gasteiger partial charge < -0.3 is 15.2 Å². The number of thiophene rings is 1. The smallest absolute Gasteiger partial charge is 0.237 e. The Morgan fingerprint density at radius 1 is 1.42 bits per heavy atom. The number of rotatable bonds is 6. The quantitative estimate of drug-likeness (QED) is 0.839. The molecule has 0 unspecified atom stereocenters. The van der Waals surface area contributed by atoms with Crippen molar-refractivity contribution < 1.29 is 4.79 Å². The maximum atomic E-state index is 12.3. The van der Waals surface area contributed by atoms with Gasteiger partial charge >= 0.3 is 0 Å². The van der Waals surface area contributed by atoms with Crippen molar-refractivity contribution in [2.75, 3.05) is 0 Å². The second kappa shape index (κ2) is 7.44. The number of nitrogens with zero attached hydrogens (tertiary/aromatic N) is 3. The van der Waals surface area contributed by atoms with Crippen LogP contribution in [0.1, 0.15) is 49.6 Å². The first-order valence-electron chi connectivity index (χ1n) is 8.52. The molecular formula is C17H25N5OS. The highest BCUT2D eigenvalue weighted by Crippen LogP contribution is 2.20. The first-order chi connectivity index (χ1) is 11.5. The fourth-order valence-electron chi connectivity index (χ4n) is 3.08. The Kier molecular flexibility index (Phi) is 5.30. The number of hydrogen-bond acceptors (Lipinski definition) is 5. The van der Waals surface area contributed by atoms with E-state index in [0.717, 1.165) is 31.0 Å². The number of fused-ring (bicyclic) bond motifs is 1. The van der Waals surface area contributed by atoms with E-state index in [-0.39, 0.29) is 18.0 Å². The van der Waals surface area contributed by atoms with E-state index >= 15 is 0 Å². The number of carbonyl (C=O) groups excluding carboxylic acids is 1. The van der Waals surface area contributed by atoms with Crippen LogP contribution in [0, 0.1) is 0 Å². The lowest BCUT2D eigenvalue weighted by Crippen LogP contribution is -2.49. The van der Waals surface area contributed by atoms with Crippen molar-refractivity contribution in [2.45, 2.75) is 64.7 Å². The topological polar surface area (TPSA) is 71.8 Å². The molecule has 2 atom stereocenters. The summed E-state index contributed by atoms with van der Waals surface area (Å²) in [5, 5.41) is 17.1. The summed E-state index contributed by atoms with van der Waals surface area (Å²) in [7, 11) is 0. The highest BCUT2D eigenvalue weighted by atomic mass is 32.1. The predicted molar refractivity (Wildman–Crippen MR) is 95.0 cm³/mol. The molecule has 130 valence electrons. The highest BCUT2D eigenvalue weighted by Gasteiger charge is 2.26. The predicted octanol–water partition coefficient (Wildman–Crippen LogP) is 2.07. The van der Waals surface area contributed by atoms with Crippen LogP contribution in [0.4, 0.5) is 0 Å². The molecule has 6 nitrogen and oxygen atoms in total. The fraction of sp³-hybridized carbons (Fsp3) is 0.588. The molecule has 1 aliphatic heterocycles. The maximum Gasteiger partial charge on any atom is 0.237 e. The minimum Gasteiger partial charge on any atom is -0.350 e. The number of hydrogen-bond donors (Lipinski definition) is 2. The highest BCUT2D eigenvalue weighted by molar-refractivity contribution is 7.09. The third kappa shape index (κ3) is 3.84. The third-order valence-corrected chi connectivity index (χ3v) is 5.26. The minimum atomic E-state index is -0.213. The molecular weight excluding hydrogens is 322 g/mol. The van der Waals surface area contributed by atoms with Gasteiger partial charge in [-0.3, -0.25) is 4.79 Å². The van der Waals surface area contributed by atoms with Crippen molar-refractivity contribution in [1.29, 1.82) is 0 Å². The molecule has 2 aromatic rings. The molecule has 0 saturated heterocycles. The first-order valence-corrected chi connectivity index (χ1v) is 9.40. The van der Waals surface area contributed by atoms with Crippen LogP contribution in [0.15, 0.2) is 17.5 Å². The lowest BCUT2D eigenvalue weighted by Gasteiger charge is -2.28. The van der Waals surface area contributed by atoms with Crippen LogP contribution < -0.4 is 10.6 Å². The number of aryl methyl sites for hydroxylation is 1. The molecule has 1 amide bonds. The van der Waals surface area contributed by atoms with Crippen LogP contribution in [0.25, 0.3) is 0 Å². The number of nitrogens with one attached hydrogen (secondary N) is 2. The molecule has 7 heteroatoms. The van der Waals surface area contributed by atoms with Crippen LogP contribution in [0.5, 0.6) is 0 Å². The van der Waals surface area contributed by atoms with Gasteiger partial charge in [-0.15, -0.1) is 21.5 Å². The summed E-state index contributed by atoms with van der Waals surface area (Å²) in [5.41, 5.74) is 0. The van der Waals surface area contributed by atoms with Crippen LogP contribution in [0.2, 0.25) is 0 Å².